The Morgan fingerprint density at radius 3 is 2.55 bits per heavy atom. The topological polar surface area (TPSA) is 83.8 Å². The third-order valence-electron chi connectivity index (χ3n) is 6.29. The molecule has 1 saturated heterocycles. The number of nitrogen functional groups attached to an aromatic ring is 1. The number of nitrogens with two attached hydrogens (primary N) is 1. The number of anilines is 1. The van der Waals surface area contributed by atoms with E-state index in [2.05, 4.69) is 4.98 Å². The molecule has 1 aliphatic heterocycles. The molecule has 2 aromatic heterocycles. The summed E-state index contributed by atoms with van der Waals surface area (Å²) in [6, 6.07) is 5.75. The number of hydrogen-bond acceptors (Lipinski definition) is 5. The number of fused-ring (bicyclic) bond motifs is 1. The molecule has 2 aliphatic carbocycles. The lowest BCUT2D eigenvalue weighted by Crippen LogP contribution is -2.34. The fourth-order valence-corrected chi connectivity index (χ4v) is 4.67. The second-order valence-corrected chi connectivity index (χ2v) is 8.51. The first-order chi connectivity index (χ1) is 13.8. The van der Waals surface area contributed by atoms with Crippen molar-refractivity contribution in [1.82, 2.24) is 19.7 Å². The molecule has 1 unspecified atom stereocenters. The first-order valence-corrected chi connectivity index (χ1v) is 9.85. The molecule has 6 nitrogen and oxygen atoms in total. The monoisotopic (exact) mass is 402 g/mol. The lowest BCUT2D eigenvalue weighted by molar-refractivity contribution is -0.144. The van der Waals surface area contributed by atoms with Crippen LogP contribution < -0.4 is 5.73 Å². The van der Waals surface area contributed by atoms with Crippen LogP contribution in [0.15, 0.2) is 18.3 Å². The molecule has 29 heavy (non-hydrogen) atoms. The van der Waals surface area contributed by atoms with Crippen LogP contribution in [0.25, 0.3) is 11.3 Å². The smallest absolute Gasteiger partial charge is 0.383 e. The van der Waals surface area contributed by atoms with E-state index in [-0.39, 0.29) is 23.6 Å². The Hall–Kier alpha value is -2.60. The number of nitriles is 1. The quantitative estimate of drug-likeness (QED) is 0.831. The molecule has 3 aliphatic rings. The molecular formula is C20H21F3N6. The maximum Gasteiger partial charge on any atom is 0.401 e. The molecule has 0 bridgehead atoms. The number of rotatable bonds is 5. The highest BCUT2D eigenvalue weighted by atomic mass is 19.4. The van der Waals surface area contributed by atoms with Crippen molar-refractivity contribution in [2.45, 2.75) is 31.5 Å². The summed E-state index contributed by atoms with van der Waals surface area (Å²) in [6.07, 6.45) is -0.155. The SMILES string of the molecule is N#Cc1cc(-c2cc(C3[C@H]4CN(CC(F)(F)F)C[C@@H]34)n(CC3CC3)n2)cnc1N. The molecular weight excluding hydrogens is 381 g/mol. The minimum Gasteiger partial charge on any atom is -0.383 e. The average Bonchev–Trinajstić information content (AvgIpc) is 3.50. The standard InChI is InChI=1S/C20H21F3N6/c21-20(22,23)10-28-8-14-15(9-28)18(14)17-4-16(27-29(17)7-11-1-2-11)13-3-12(5-24)19(25)26-6-13/h3-4,6,11,14-15,18H,1-2,7-10H2,(H2,25,26)/t14-,15+,18?. The first kappa shape index (κ1) is 18.4. The van der Waals surface area contributed by atoms with Crippen LogP contribution in [0.2, 0.25) is 0 Å². The molecule has 0 radical (unpaired) electrons. The lowest BCUT2D eigenvalue weighted by Gasteiger charge is -2.21. The van der Waals surface area contributed by atoms with Gasteiger partial charge in [-0.1, -0.05) is 0 Å². The second kappa shape index (κ2) is 6.46. The molecule has 5 rings (SSSR count). The third-order valence-corrected chi connectivity index (χ3v) is 6.29. The van der Waals surface area contributed by atoms with Gasteiger partial charge in [0.1, 0.15) is 11.9 Å². The predicted molar refractivity (Wildman–Crippen MR) is 99.5 cm³/mol. The number of aromatic nitrogens is 3. The zero-order valence-electron chi connectivity index (χ0n) is 15.7. The van der Waals surface area contributed by atoms with Gasteiger partial charge >= 0.3 is 6.18 Å². The van der Waals surface area contributed by atoms with Crippen LogP contribution in [0.3, 0.4) is 0 Å². The molecule has 2 N–H and O–H groups in total. The number of piperidine rings is 1. The summed E-state index contributed by atoms with van der Waals surface area (Å²) in [5.41, 5.74) is 8.60. The zero-order chi connectivity index (χ0) is 20.3. The van der Waals surface area contributed by atoms with Gasteiger partial charge in [-0.2, -0.15) is 23.5 Å². The Kier molecular flexibility index (Phi) is 4.10. The summed E-state index contributed by atoms with van der Waals surface area (Å²) >= 11 is 0. The number of nitrogens with zero attached hydrogens (tertiary/aromatic N) is 5. The van der Waals surface area contributed by atoms with Gasteiger partial charge in [0.25, 0.3) is 0 Å². The molecule has 152 valence electrons. The Morgan fingerprint density at radius 2 is 1.93 bits per heavy atom. The van der Waals surface area contributed by atoms with Crippen LogP contribution in [-0.2, 0) is 6.54 Å². The molecule has 9 heteroatoms. The molecule has 2 aromatic rings. The maximum atomic E-state index is 12.7. The Labute approximate surface area is 166 Å². The van der Waals surface area contributed by atoms with Crippen LogP contribution in [0.1, 0.15) is 30.0 Å². The number of halogens is 3. The predicted octanol–water partition coefficient (Wildman–Crippen LogP) is 3.02. The van der Waals surface area contributed by atoms with Crippen molar-refractivity contribution < 1.29 is 13.2 Å². The van der Waals surface area contributed by atoms with Crippen molar-refractivity contribution in [1.29, 1.82) is 5.26 Å². The summed E-state index contributed by atoms with van der Waals surface area (Å²) < 4.78 is 40.0. The molecule has 0 aromatic carbocycles. The van der Waals surface area contributed by atoms with Gasteiger partial charge in [0, 0.05) is 43.0 Å². The molecule has 3 atom stereocenters. The number of pyridine rings is 1. The van der Waals surface area contributed by atoms with E-state index in [0.29, 0.717) is 24.6 Å². The number of alkyl halides is 3. The summed E-state index contributed by atoms with van der Waals surface area (Å²) in [5, 5.41) is 14.0. The Bertz CT molecular complexity index is 975. The van der Waals surface area contributed by atoms with E-state index in [9.17, 15) is 18.4 Å². The lowest BCUT2D eigenvalue weighted by atomic mass is 10.1. The van der Waals surface area contributed by atoms with Crippen molar-refractivity contribution in [3.63, 3.8) is 0 Å². The van der Waals surface area contributed by atoms with E-state index in [1.807, 2.05) is 16.8 Å². The van der Waals surface area contributed by atoms with Crippen LogP contribution in [0.5, 0.6) is 0 Å². The molecule has 3 heterocycles. The van der Waals surface area contributed by atoms with Crippen LogP contribution in [-0.4, -0.2) is 45.5 Å². The molecule has 2 saturated carbocycles. The Morgan fingerprint density at radius 1 is 1.21 bits per heavy atom. The van der Waals surface area contributed by atoms with Crippen molar-refractivity contribution in [3.05, 3.63) is 29.6 Å². The van der Waals surface area contributed by atoms with Crippen LogP contribution in [0.4, 0.5) is 19.0 Å². The fraction of sp³-hybridized carbons (Fsp3) is 0.550. The first-order valence-electron chi connectivity index (χ1n) is 9.85. The van der Waals surface area contributed by atoms with E-state index in [1.54, 1.807) is 12.3 Å². The van der Waals surface area contributed by atoms with Crippen LogP contribution >= 0.6 is 0 Å². The second-order valence-electron chi connectivity index (χ2n) is 8.51. The van der Waals surface area contributed by atoms with E-state index in [4.69, 9.17) is 10.8 Å². The summed E-state index contributed by atoms with van der Waals surface area (Å²) in [5.74, 6) is 1.60. The fourth-order valence-electron chi connectivity index (χ4n) is 4.67. The highest BCUT2D eigenvalue weighted by Gasteiger charge is 2.58. The van der Waals surface area contributed by atoms with Crippen molar-refractivity contribution in [2.24, 2.45) is 17.8 Å². The normalized spacial score (nSPS) is 26.3. The van der Waals surface area contributed by atoms with Gasteiger partial charge in [-0.25, -0.2) is 4.98 Å². The minimum atomic E-state index is -4.15. The van der Waals surface area contributed by atoms with Gasteiger partial charge < -0.3 is 5.73 Å². The van der Waals surface area contributed by atoms with Gasteiger partial charge in [-0.15, -0.1) is 0 Å². The average molecular weight is 402 g/mol. The van der Waals surface area contributed by atoms with E-state index in [1.165, 1.54) is 17.7 Å². The number of hydrogen-bond donors (Lipinski definition) is 1. The van der Waals surface area contributed by atoms with E-state index < -0.39 is 12.7 Å². The third kappa shape index (κ3) is 3.57. The molecule has 0 spiro atoms. The molecule has 0 amide bonds. The maximum absolute atomic E-state index is 12.7. The van der Waals surface area contributed by atoms with Crippen molar-refractivity contribution >= 4 is 5.82 Å². The summed E-state index contributed by atoms with van der Waals surface area (Å²) in [4.78, 5) is 5.60. The summed E-state index contributed by atoms with van der Waals surface area (Å²) in [7, 11) is 0. The Balaban J connectivity index is 1.39. The van der Waals surface area contributed by atoms with Gasteiger partial charge in [0.15, 0.2) is 0 Å². The van der Waals surface area contributed by atoms with Gasteiger partial charge in [-0.3, -0.25) is 9.58 Å². The zero-order valence-corrected chi connectivity index (χ0v) is 15.7. The van der Waals surface area contributed by atoms with Crippen molar-refractivity contribution in [3.8, 4) is 17.3 Å². The van der Waals surface area contributed by atoms with Gasteiger partial charge in [0.2, 0.25) is 0 Å². The van der Waals surface area contributed by atoms with Gasteiger partial charge in [0.05, 0.1) is 17.8 Å². The van der Waals surface area contributed by atoms with Crippen LogP contribution in [0, 0.1) is 29.1 Å². The van der Waals surface area contributed by atoms with E-state index in [0.717, 1.165) is 23.5 Å². The molecule has 3 fully saturated rings. The summed E-state index contributed by atoms with van der Waals surface area (Å²) in [6.45, 7) is 0.986. The van der Waals surface area contributed by atoms with Gasteiger partial charge in [-0.05, 0) is 42.7 Å². The number of likely N-dealkylation sites (tertiary alicyclic amines) is 1. The van der Waals surface area contributed by atoms with Crippen molar-refractivity contribution in [2.75, 3.05) is 25.4 Å². The highest BCUT2D eigenvalue weighted by Crippen LogP contribution is 2.58. The largest absolute Gasteiger partial charge is 0.401 e. The highest BCUT2D eigenvalue weighted by molar-refractivity contribution is 5.64. The van der Waals surface area contributed by atoms with E-state index >= 15 is 0 Å². The minimum absolute atomic E-state index is 0.190.